The van der Waals surface area contributed by atoms with Gasteiger partial charge in [0.1, 0.15) is 16.4 Å². The van der Waals surface area contributed by atoms with Gasteiger partial charge in [-0.2, -0.15) is 4.31 Å². The van der Waals surface area contributed by atoms with E-state index >= 15 is 0 Å². The van der Waals surface area contributed by atoms with Crippen molar-refractivity contribution in [1.29, 1.82) is 0 Å². The highest BCUT2D eigenvalue weighted by molar-refractivity contribution is 7.89. The molecule has 0 atom stereocenters. The van der Waals surface area contributed by atoms with Crippen molar-refractivity contribution in [1.82, 2.24) is 9.21 Å². The van der Waals surface area contributed by atoms with Gasteiger partial charge < -0.3 is 9.47 Å². The van der Waals surface area contributed by atoms with Crippen LogP contribution in [-0.2, 0) is 16.6 Å². The Balaban J connectivity index is 1.69. The second kappa shape index (κ2) is 8.29. The summed E-state index contributed by atoms with van der Waals surface area (Å²) in [7, 11) is -0.603. The second-order valence-electron chi connectivity index (χ2n) is 6.69. The summed E-state index contributed by atoms with van der Waals surface area (Å²) in [6, 6.07) is 13.2. The Hall–Kier alpha value is -2.09. The van der Waals surface area contributed by atoms with Crippen LogP contribution in [0.3, 0.4) is 0 Å². The fourth-order valence-corrected chi connectivity index (χ4v) is 4.88. The van der Waals surface area contributed by atoms with E-state index in [4.69, 9.17) is 9.47 Å². The number of ether oxygens (including phenoxy) is 2. The lowest BCUT2D eigenvalue weighted by atomic mass is 10.1. The summed E-state index contributed by atoms with van der Waals surface area (Å²) >= 11 is 0. The number of aryl methyl sites for hydroxylation is 1. The number of nitrogens with zero attached hydrogens (tertiary/aromatic N) is 2. The van der Waals surface area contributed by atoms with Crippen LogP contribution in [0.1, 0.15) is 11.1 Å². The van der Waals surface area contributed by atoms with Gasteiger partial charge in [0.15, 0.2) is 0 Å². The van der Waals surface area contributed by atoms with Crippen LogP contribution in [0.25, 0.3) is 0 Å². The Kier molecular flexibility index (Phi) is 6.04. The van der Waals surface area contributed by atoms with Gasteiger partial charge in [-0.25, -0.2) is 8.42 Å². The molecule has 146 valence electrons. The molecule has 1 saturated heterocycles. The van der Waals surface area contributed by atoms with E-state index in [2.05, 4.69) is 36.1 Å². The molecule has 2 aromatic carbocycles. The first-order valence-corrected chi connectivity index (χ1v) is 10.4. The Morgan fingerprint density at radius 1 is 0.963 bits per heavy atom. The van der Waals surface area contributed by atoms with E-state index in [0.29, 0.717) is 37.7 Å². The Bertz CT molecular complexity index is 891. The number of piperazine rings is 1. The zero-order valence-electron chi connectivity index (χ0n) is 16.0. The average molecular weight is 391 g/mol. The topological polar surface area (TPSA) is 59.1 Å². The third kappa shape index (κ3) is 4.43. The second-order valence-corrected chi connectivity index (χ2v) is 8.59. The van der Waals surface area contributed by atoms with Crippen LogP contribution < -0.4 is 9.47 Å². The lowest BCUT2D eigenvalue weighted by molar-refractivity contribution is 0.181. The number of hydrogen-bond donors (Lipinski definition) is 0. The van der Waals surface area contributed by atoms with Crippen LogP contribution in [0.15, 0.2) is 47.4 Å². The van der Waals surface area contributed by atoms with Crippen molar-refractivity contribution in [3.8, 4) is 11.5 Å². The summed E-state index contributed by atoms with van der Waals surface area (Å²) in [6.45, 7) is 5.24. The van der Waals surface area contributed by atoms with Crippen molar-refractivity contribution in [2.75, 3.05) is 40.4 Å². The molecule has 27 heavy (non-hydrogen) atoms. The van der Waals surface area contributed by atoms with Crippen LogP contribution in [0.5, 0.6) is 11.5 Å². The van der Waals surface area contributed by atoms with Crippen LogP contribution in [0.4, 0.5) is 0 Å². The number of hydrogen-bond acceptors (Lipinski definition) is 5. The van der Waals surface area contributed by atoms with Gasteiger partial charge in [0.25, 0.3) is 0 Å². The first-order chi connectivity index (χ1) is 12.9. The molecular weight excluding hydrogens is 364 g/mol. The molecule has 2 aromatic rings. The van der Waals surface area contributed by atoms with Crippen molar-refractivity contribution >= 4 is 10.0 Å². The Morgan fingerprint density at radius 3 is 2.33 bits per heavy atom. The fraction of sp³-hybridized carbons (Fsp3) is 0.400. The van der Waals surface area contributed by atoms with Crippen molar-refractivity contribution in [2.45, 2.75) is 18.4 Å². The van der Waals surface area contributed by atoms with Crippen molar-refractivity contribution in [2.24, 2.45) is 0 Å². The highest BCUT2D eigenvalue weighted by atomic mass is 32.2. The molecule has 0 bridgehead atoms. The van der Waals surface area contributed by atoms with Gasteiger partial charge in [-0.3, -0.25) is 4.90 Å². The van der Waals surface area contributed by atoms with E-state index in [1.54, 1.807) is 18.2 Å². The molecule has 0 spiro atoms. The highest BCUT2D eigenvalue weighted by Gasteiger charge is 2.31. The Morgan fingerprint density at radius 2 is 1.70 bits per heavy atom. The minimum Gasteiger partial charge on any atom is -0.497 e. The number of benzene rings is 2. The molecule has 1 aliphatic heterocycles. The minimum atomic E-state index is -3.61. The molecule has 0 radical (unpaired) electrons. The molecule has 1 fully saturated rings. The van der Waals surface area contributed by atoms with E-state index in [-0.39, 0.29) is 4.90 Å². The zero-order chi connectivity index (χ0) is 19.4. The first kappa shape index (κ1) is 19.7. The number of sulfonamides is 1. The molecule has 0 unspecified atom stereocenters. The summed E-state index contributed by atoms with van der Waals surface area (Å²) in [5.74, 6) is 0.866. The number of methoxy groups -OCH3 is 2. The molecular formula is C20H26N2O4S. The van der Waals surface area contributed by atoms with Gasteiger partial charge in [-0.15, -0.1) is 0 Å². The predicted molar refractivity (Wildman–Crippen MR) is 105 cm³/mol. The van der Waals surface area contributed by atoms with E-state index in [0.717, 1.165) is 6.54 Å². The maximum Gasteiger partial charge on any atom is 0.246 e. The van der Waals surface area contributed by atoms with E-state index in [1.807, 2.05) is 0 Å². The van der Waals surface area contributed by atoms with Gasteiger partial charge >= 0.3 is 0 Å². The van der Waals surface area contributed by atoms with E-state index < -0.39 is 10.0 Å². The smallest absolute Gasteiger partial charge is 0.246 e. The van der Waals surface area contributed by atoms with Crippen molar-refractivity contribution in [3.05, 3.63) is 53.6 Å². The van der Waals surface area contributed by atoms with E-state index in [1.165, 1.54) is 29.7 Å². The average Bonchev–Trinajstić information content (AvgIpc) is 2.68. The third-order valence-corrected chi connectivity index (χ3v) is 6.75. The fourth-order valence-electron chi connectivity index (χ4n) is 3.32. The van der Waals surface area contributed by atoms with E-state index in [9.17, 15) is 8.42 Å². The zero-order valence-corrected chi connectivity index (χ0v) is 16.8. The molecule has 0 amide bonds. The standard InChI is InChI=1S/C20H26N2O4S/c1-16-5-4-6-17(13-16)15-21-9-11-22(12-10-21)27(23,24)20-8-7-18(25-2)14-19(20)26-3/h4-8,13-14H,9-12,15H2,1-3H3. The maximum atomic E-state index is 13.1. The molecule has 3 rings (SSSR count). The summed E-state index contributed by atoms with van der Waals surface area (Å²) < 4.78 is 38.1. The molecule has 0 saturated carbocycles. The van der Waals surface area contributed by atoms with Gasteiger partial charge in [0.2, 0.25) is 10.0 Å². The van der Waals surface area contributed by atoms with Crippen LogP contribution >= 0.6 is 0 Å². The molecule has 0 aromatic heterocycles. The monoisotopic (exact) mass is 390 g/mol. The van der Waals surface area contributed by atoms with Crippen LogP contribution in [0.2, 0.25) is 0 Å². The minimum absolute atomic E-state index is 0.179. The van der Waals surface area contributed by atoms with Crippen molar-refractivity contribution < 1.29 is 17.9 Å². The molecule has 7 heteroatoms. The third-order valence-electron chi connectivity index (χ3n) is 4.81. The molecule has 6 nitrogen and oxygen atoms in total. The summed E-state index contributed by atoms with van der Waals surface area (Å²) in [4.78, 5) is 2.46. The molecule has 1 heterocycles. The maximum absolute atomic E-state index is 13.1. The first-order valence-electron chi connectivity index (χ1n) is 8.94. The highest BCUT2D eigenvalue weighted by Crippen LogP contribution is 2.31. The van der Waals surface area contributed by atoms with Crippen LogP contribution in [-0.4, -0.2) is 58.0 Å². The summed E-state index contributed by atoms with van der Waals surface area (Å²) in [5.41, 5.74) is 2.49. The molecule has 1 aliphatic rings. The molecule has 0 N–H and O–H groups in total. The lowest BCUT2D eigenvalue weighted by Gasteiger charge is -2.34. The summed E-state index contributed by atoms with van der Waals surface area (Å²) in [6.07, 6.45) is 0. The largest absolute Gasteiger partial charge is 0.497 e. The van der Waals surface area contributed by atoms with Gasteiger partial charge in [0.05, 0.1) is 14.2 Å². The SMILES string of the molecule is COc1ccc(S(=O)(=O)N2CCN(Cc3cccc(C)c3)CC2)c(OC)c1. The summed E-state index contributed by atoms with van der Waals surface area (Å²) in [5, 5.41) is 0. The Labute approximate surface area is 161 Å². The predicted octanol–water partition coefficient (Wildman–Crippen LogP) is 2.52. The van der Waals surface area contributed by atoms with Gasteiger partial charge in [0, 0.05) is 38.8 Å². The lowest BCUT2D eigenvalue weighted by Crippen LogP contribution is -2.48. The van der Waals surface area contributed by atoms with Gasteiger partial charge in [-0.1, -0.05) is 29.8 Å². The van der Waals surface area contributed by atoms with Crippen LogP contribution in [0, 0.1) is 6.92 Å². The normalized spacial score (nSPS) is 16.3. The van der Waals surface area contributed by atoms with Crippen molar-refractivity contribution in [3.63, 3.8) is 0 Å². The number of rotatable bonds is 6. The molecule has 0 aliphatic carbocycles. The quantitative estimate of drug-likeness (QED) is 0.759. The van der Waals surface area contributed by atoms with Gasteiger partial charge in [-0.05, 0) is 24.6 Å².